The average molecular weight is 248 g/mol. The quantitative estimate of drug-likeness (QED) is 0.891. The molecule has 0 radical (unpaired) electrons. The lowest BCUT2D eigenvalue weighted by atomic mass is 10.1. The van der Waals surface area contributed by atoms with Crippen LogP contribution < -0.4 is 4.74 Å². The zero-order chi connectivity index (χ0) is 12.3. The predicted octanol–water partition coefficient (Wildman–Crippen LogP) is 2.51. The van der Waals surface area contributed by atoms with Crippen LogP contribution in [0.15, 0.2) is 12.1 Å². The normalized spacial score (nSPS) is 9.94. The summed E-state index contributed by atoms with van der Waals surface area (Å²) >= 11 is 5.56. The second kappa shape index (κ2) is 4.77. The van der Waals surface area contributed by atoms with Crippen LogP contribution in [0.4, 0.5) is 8.78 Å². The molecule has 0 aliphatic heterocycles. The van der Waals surface area contributed by atoms with Gasteiger partial charge in [-0.05, 0) is 12.1 Å². The Morgan fingerprint density at radius 3 is 2.62 bits per heavy atom. The van der Waals surface area contributed by atoms with Gasteiger partial charge in [-0.1, -0.05) is 11.6 Å². The fourth-order valence-corrected chi connectivity index (χ4v) is 1.32. The molecule has 0 aliphatic carbocycles. The van der Waals surface area contributed by atoms with Crippen molar-refractivity contribution in [3.05, 3.63) is 28.3 Å². The van der Waals surface area contributed by atoms with Crippen molar-refractivity contribution in [1.82, 2.24) is 0 Å². The number of carboxylic acids is 1. The van der Waals surface area contributed by atoms with Gasteiger partial charge in [0, 0.05) is 0 Å². The number of ether oxygens (including phenoxy) is 1. The van der Waals surface area contributed by atoms with Crippen molar-refractivity contribution in [3.8, 4) is 11.8 Å². The second-order valence-corrected chi connectivity index (χ2v) is 2.97. The Hall–Kier alpha value is -1.87. The van der Waals surface area contributed by atoms with Gasteiger partial charge in [0.05, 0.1) is 10.6 Å². The van der Waals surface area contributed by atoms with E-state index < -0.39 is 28.9 Å². The van der Waals surface area contributed by atoms with Gasteiger partial charge in [-0.2, -0.15) is 14.0 Å². The predicted molar refractivity (Wildman–Crippen MR) is 49.8 cm³/mol. The molecule has 1 aromatic rings. The van der Waals surface area contributed by atoms with Crippen molar-refractivity contribution in [2.24, 2.45) is 0 Å². The highest BCUT2D eigenvalue weighted by Gasteiger charge is 2.21. The molecule has 0 unspecified atom stereocenters. The molecule has 84 valence electrons. The fourth-order valence-electron chi connectivity index (χ4n) is 1.04. The van der Waals surface area contributed by atoms with Crippen LogP contribution in [0.2, 0.25) is 5.02 Å². The highest BCUT2D eigenvalue weighted by molar-refractivity contribution is 6.35. The van der Waals surface area contributed by atoms with Gasteiger partial charge in [-0.3, -0.25) is 0 Å². The van der Waals surface area contributed by atoms with E-state index in [4.69, 9.17) is 22.0 Å². The van der Waals surface area contributed by atoms with E-state index in [9.17, 15) is 13.6 Å². The molecule has 0 fully saturated rings. The summed E-state index contributed by atoms with van der Waals surface area (Å²) in [5.74, 6) is -2.12. The maximum atomic E-state index is 12.0. The summed E-state index contributed by atoms with van der Waals surface area (Å²) in [6.45, 7) is -3.16. The number of hydrogen-bond acceptors (Lipinski definition) is 3. The molecule has 1 aromatic carbocycles. The van der Waals surface area contributed by atoms with Crippen molar-refractivity contribution in [2.45, 2.75) is 6.61 Å². The maximum Gasteiger partial charge on any atom is 0.387 e. The molecule has 4 nitrogen and oxygen atoms in total. The van der Waals surface area contributed by atoms with E-state index in [2.05, 4.69) is 4.74 Å². The second-order valence-electron chi connectivity index (χ2n) is 2.60. The molecule has 1 N–H and O–H groups in total. The first-order valence-corrected chi connectivity index (χ1v) is 4.26. The standard InChI is InChI=1S/C9H4ClF2NO3/c10-7-4(3-13)1-2-5(16-9(11)12)6(7)8(14)15/h1-2,9H,(H,14,15). The number of hydrogen-bond donors (Lipinski definition) is 1. The summed E-state index contributed by atoms with van der Waals surface area (Å²) in [7, 11) is 0. The van der Waals surface area contributed by atoms with Crippen molar-refractivity contribution in [2.75, 3.05) is 0 Å². The van der Waals surface area contributed by atoms with Gasteiger partial charge in [0.25, 0.3) is 0 Å². The molecule has 0 spiro atoms. The van der Waals surface area contributed by atoms with Crippen LogP contribution in [-0.2, 0) is 0 Å². The Labute approximate surface area is 93.6 Å². The van der Waals surface area contributed by atoms with E-state index in [-0.39, 0.29) is 5.56 Å². The van der Waals surface area contributed by atoms with E-state index in [1.54, 1.807) is 6.07 Å². The van der Waals surface area contributed by atoms with Crippen molar-refractivity contribution in [1.29, 1.82) is 5.26 Å². The fraction of sp³-hybridized carbons (Fsp3) is 0.111. The highest BCUT2D eigenvalue weighted by atomic mass is 35.5. The van der Waals surface area contributed by atoms with Crippen molar-refractivity contribution >= 4 is 17.6 Å². The van der Waals surface area contributed by atoms with E-state index in [0.717, 1.165) is 12.1 Å². The third-order valence-electron chi connectivity index (χ3n) is 1.65. The Morgan fingerprint density at radius 2 is 2.19 bits per heavy atom. The van der Waals surface area contributed by atoms with Crippen LogP contribution in [0, 0.1) is 11.3 Å². The largest absolute Gasteiger partial charge is 0.478 e. The SMILES string of the molecule is N#Cc1ccc(OC(F)F)c(C(=O)O)c1Cl. The molecule has 0 saturated carbocycles. The summed E-state index contributed by atoms with van der Waals surface area (Å²) in [6, 6.07) is 3.69. The van der Waals surface area contributed by atoms with Gasteiger partial charge in [0.1, 0.15) is 17.4 Å². The molecule has 7 heteroatoms. The van der Waals surface area contributed by atoms with Gasteiger partial charge >= 0.3 is 12.6 Å². The Morgan fingerprint density at radius 1 is 1.56 bits per heavy atom. The first-order chi connectivity index (χ1) is 7.47. The minimum atomic E-state index is -3.16. The number of carbonyl (C=O) groups is 1. The third kappa shape index (κ3) is 2.38. The van der Waals surface area contributed by atoms with Crippen LogP contribution in [0.1, 0.15) is 15.9 Å². The van der Waals surface area contributed by atoms with Crippen molar-refractivity contribution < 1.29 is 23.4 Å². The number of alkyl halides is 2. The van der Waals surface area contributed by atoms with E-state index in [0.29, 0.717) is 0 Å². The summed E-state index contributed by atoms with van der Waals surface area (Å²) in [4.78, 5) is 10.8. The van der Waals surface area contributed by atoms with E-state index in [1.807, 2.05) is 0 Å². The van der Waals surface area contributed by atoms with Crippen LogP contribution in [0.25, 0.3) is 0 Å². The molecule has 0 heterocycles. The summed E-state index contributed by atoms with van der Waals surface area (Å²) < 4.78 is 27.9. The van der Waals surface area contributed by atoms with Crippen LogP contribution in [0.3, 0.4) is 0 Å². The lowest BCUT2D eigenvalue weighted by Gasteiger charge is -2.09. The Balaban J connectivity index is 3.36. The Bertz CT molecular complexity index is 471. The molecular weight excluding hydrogens is 244 g/mol. The number of rotatable bonds is 3. The molecule has 0 aromatic heterocycles. The average Bonchev–Trinajstić information content (AvgIpc) is 2.16. The van der Waals surface area contributed by atoms with Crippen LogP contribution in [0.5, 0.6) is 5.75 Å². The number of halogens is 3. The summed E-state index contributed by atoms with van der Waals surface area (Å²) in [5, 5.41) is 16.9. The van der Waals surface area contributed by atoms with Crippen LogP contribution >= 0.6 is 11.6 Å². The number of aromatic carboxylic acids is 1. The van der Waals surface area contributed by atoms with Gasteiger partial charge < -0.3 is 9.84 Å². The number of benzene rings is 1. The summed E-state index contributed by atoms with van der Waals surface area (Å²) in [6.07, 6.45) is 0. The lowest BCUT2D eigenvalue weighted by molar-refractivity contribution is -0.0503. The Kier molecular flexibility index (Phi) is 3.64. The zero-order valence-corrected chi connectivity index (χ0v) is 8.33. The molecule has 0 saturated heterocycles. The third-order valence-corrected chi connectivity index (χ3v) is 2.05. The van der Waals surface area contributed by atoms with E-state index >= 15 is 0 Å². The molecule has 0 atom stereocenters. The maximum absolute atomic E-state index is 12.0. The minimum Gasteiger partial charge on any atom is -0.478 e. The first kappa shape index (κ1) is 12.2. The van der Waals surface area contributed by atoms with Gasteiger partial charge in [-0.15, -0.1) is 0 Å². The number of nitrogens with zero attached hydrogens (tertiary/aromatic N) is 1. The number of nitriles is 1. The molecule has 0 amide bonds. The zero-order valence-electron chi connectivity index (χ0n) is 7.58. The van der Waals surface area contributed by atoms with Crippen molar-refractivity contribution in [3.63, 3.8) is 0 Å². The summed E-state index contributed by atoms with van der Waals surface area (Å²) in [5.41, 5.74) is -0.776. The molecule has 0 aliphatic rings. The molecule has 0 bridgehead atoms. The van der Waals surface area contributed by atoms with E-state index in [1.165, 1.54) is 0 Å². The number of carboxylic acid groups (broad SMARTS) is 1. The van der Waals surface area contributed by atoms with Gasteiger partial charge in [0.15, 0.2) is 0 Å². The monoisotopic (exact) mass is 247 g/mol. The lowest BCUT2D eigenvalue weighted by Crippen LogP contribution is -2.08. The first-order valence-electron chi connectivity index (χ1n) is 3.88. The van der Waals surface area contributed by atoms with Gasteiger partial charge in [-0.25, -0.2) is 4.79 Å². The topological polar surface area (TPSA) is 70.3 Å². The smallest absolute Gasteiger partial charge is 0.387 e. The highest BCUT2D eigenvalue weighted by Crippen LogP contribution is 2.30. The molecule has 16 heavy (non-hydrogen) atoms. The minimum absolute atomic E-state index is 0.124. The van der Waals surface area contributed by atoms with Crippen LogP contribution in [-0.4, -0.2) is 17.7 Å². The molecule has 1 rings (SSSR count). The molecular formula is C9H4ClF2NO3. The van der Waals surface area contributed by atoms with Gasteiger partial charge in [0.2, 0.25) is 0 Å².